The molecule has 1 fully saturated rings. The number of ether oxygens (including phenoxy) is 1. The van der Waals surface area contributed by atoms with Gasteiger partial charge < -0.3 is 20.7 Å². The first-order chi connectivity index (χ1) is 12.6. The summed E-state index contributed by atoms with van der Waals surface area (Å²) in [5.41, 5.74) is 7.07. The van der Waals surface area contributed by atoms with E-state index in [9.17, 15) is 10.1 Å². The Morgan fingerprint density at radius 3 is 3.04 bits per heavy atom. The summed E-state index contributed by atoms with van der Waals surface area (Å²) in [5, 5.41) is 14.8. The summed E-state index contributed by atoms with van der Waals surface area (Å²) >= 11 is 1.63. The van der Waals surface area contributed by atoms with E-state index in [0.717, 1.165) is 30.1 Å². The second-order valence-electron chi connectivity index (χ2n) is 6.33. The molecule has 2 heterocycles. The average molecular weight is 370 g/mol. The number of methoxy groups -OCH3 is 1. The number of amides is 1. The Hall–Kier alpha value is -2.56. The lowest BCUT2D eigenvalue weighted by Crippen LogP contribution is -2.48. The molecule has 1 amide bonds. The molecule has 1 aromatic carbocycles. The molecule has 0 aliphatic carbocycles. The molecule has 2 aromatic rings. The summed E-state index contributed by atoms with van der Waals surface area (Å²) in [7, 11) is 1.59. The maximum absolute atomic E-state index is 11.8. The molecule has 136 valence electrons. The largest absolute Gasteiger partial charge is 0.497 e. The number of nitrogens with zero attached hydrogens (tertiary/aromatic N) is 2. The summed E-state index contributed by atoms with van der Waals surface area (Å²) in [6.07, 6.45) is 1.50. The number of hydrogen-bond acceptors (Lipinski definition) is 6. The highest BCUT2D eigenvalue weighted by Gasteiger charge is 2.28. The maximum atomic E-state index is 11.8. The van der Waals surface area contributed by atoms with Gasteiger partial charge in [-0.05, 0) is 36.1 Å². The number of nitrogens with one attached hydrogen (secondary N) is 1. The van der Waals surface area contributed by atoms with Gasteiger partial charge in [-0.25, -0.2) is 0 Å². The van der Waals surface area contributed by atoms with Crippen molar-refractivity contribution in [2.45, 2.75) is 24.9 Å². The number of anilines is 1. The number of nitriles is 1. The van der Waals surface area contributed by atoms with E-state index in [1.165, 1.54) is 0 Å². The fourth-order valence-corrected chi connectivity index (χ4v) is 4.03. The molecule has 0 saturated carbocycles. The highest BCUT2D eigenvalue weighted by Crippen LogP contribution is 2.28. The normalized spacial score (nSPS) is 17.7. The van der Waals surface area contributed by atoms with Crippen molar-refractivity contribution in [3.63, 3.8) is 0 Å². The second-order valence-corrected chi connectivity index (χ2v) is 7.36. The Morgan fingerprint density at radius 1 is 1.54 bits per heavy atom. The minimum atomic E-state index is -0.384. The molecule has 0 unspecified atom stereocenters. The zero-order chi connectivity index (χ0) is 18.5. The molecule has 26 heavy (non-hydrogen) atoms. The lowest BCUT2D eigenvalue weighted by molar-refractivity contribution is -0.120. The molecular formula is C19H22N4O2S. The molecule has 1 aliphatic rings. The topological polar surface area (TPSA) is 91.4 Å². The van der Waals surface area contributed by atoms with Gasteiger partial charge in [0.2, 0.25) is 5.91 Å². The Morgan fingerprint density at radius 2 is 2.38 bits per heavy atom. The summed E-state index contributed by atoms with van der Waals surface area (Å²) in [4.78, 5) is 15.1. The van der Waals surface area contributed by atoms with Gasteiger partial charge in [0, 0.05) is 30.4 Å². The Balaban J connectivity index is 1.66. The predicted molar refractivity (Wildman–Crippen MR) is 102 cm³/mol. The predicted octanol–water partition coefficient (Wildman–Crippen LogP) is 1.89. The van der Waals surface area contributed by atoms with Crippen LogP contribution in [0.1, 0.15) is 16.9 Å². The van der Waals surface area contributed by atoms with E-state index in [1.54, 1.807) is 24.5 Å². The first kappa shape index (κ1) is 18.2. The molecule has 0 radical (unpaired) electrons. The van der Waals surface area contributed by atoms with E-state index in [0.29, 0.717) is 17.7 Å². The molecule has 3 N–H and O–H groups in total. The van der Waals surface area contributed by atoms with Crippen LogP contribution < -0.4 is 20.7 Å². The van der Waals surface area contributed by atoms with Crippen LogP contribution in [0.4, 0.5) is 5.69 Å². The van der Waals surface area contributed by atoms with Crippen molar-refractivity contribution in [3.05, 3.63) is 46.2 Å². The molecule has 2 atom stereocenters. The zero-order valence-corrected chi connectivity index (χ0v) is 15.5. The Labute approximate surface area is 157 Å². The third-order valence-electron chi connectivity index (χ3n) is 4.62. The van der Waals surface area contributed by atoms with Crippen molar-refractivity contribution in [2.75, 3.05) is 25.1 Å². The smallest absolute Gasteiger partial charge is 0.234 e. The van der Waals surface area contributed by atoms with Crippen LogP contribution in [0.15, 0.2) is 35.7 Å². The van der Waals surface area contributed by atoms with Gasteiger partial charge in [-0.1, -0.05) is 6.07 Å². The van der Waals surface area contributed by atoms with Crippen LogP contribution in [0, 0.1) is 11.3 Å². The number of primary amides is 1. The van der Waals surface area contributed by atoms with E-state index in [-0.39, 0.29) is 18.0 Å². The fourth-order valence-electron chi connectivity index (χ4n) is 3.28. The number of thiophene rings is 1. The molecule has 0 spiro atoms. The molecule has 3 rings (SSSR count). The molecule has 6 nitrogen and oxygen atoms in total. The van der Waals surface area contributed by atoms with Crippen molar-refractivity contribution in [3.8, 4) is 11.8 Å². The maximum Gasteiger partial charge on any atom is 0.234 e. The van der Waals surface area contributed by atoms with Gasteiger partial charge in [0.25, 0.3) is 0 Å². The van der Waals surface area contributed by atoms with E-state index in [1.807, 2.05) is 29.6 Å². The molecule has 7 heteroatoms. The van der Waals surface area contributed by atoms with Gasteiger partial charge >= 0.3 is 0 Å². The van der Waals surface area contributed by atoms with Gasteiger partial charge in [-0.2, -0.15) is 5.26 Å². The number of rotatable bonds is 7. The Kier molecular flexibility index (Phi) is 5.76. The van der Waals surface area contributed by atoms with Crippen LogP contribution >= 0.6 is 11.3 Å². The van der Waals surface area contributed by atoms with Gasteiger partial charge in [0.15, 0.2) is 0 Å². The van der Waals surface area contributed by atoms with E-state index < -0.39 is 0 Å². The van der Waals surface area contributed by atoms with Crippen molar-refractivity contribution >= 4 is 22.9 Å². The SMILES string of the molecule is COc1ccc(N2CC[C@H](N[C@@H](Cc3cccs3)C(N)=O)C2)c(C#N)c1. The summed E-state index contributed by atoms with van der Waals surface area (Å²) in [5.74, 6) is 0.336. The molecule has 1 aromatic heterocycles. The molecule has 1 saturated heterocycles. The fraction of sp³-hybridized carbons (Fsp3) is 0.368. The number of hydrogen-bond donors (Lipinski definition) is 2. The lowest BCUT2D eigenvalue weighted by atomic mass is 10.1. The zero-order valence-electron chi connectivity index (χ0n) is 14.6. The van der Waals surface area contributed by atoms with Gasteiger partial charge in [-0.15, -0.1) is 11.3 Å². The van der Waals surface area contributed by atoms with Crippen LogP contribution in [0.25, 0.3) is 0 Å². The van der Waals surface area contributed by atoms with Crippen molar-refractivity contribution in [2.24, 2.45) is 5.73 Å². The van der Waals surface area contributed by atoms with Crippen molar-refractivity contribution < 1.29 is 9.53 Å². The van der Waals surface area contributed by atoms with Crippen molar-refractivity contribution in [1.82, 2.24) is 5.32 Å². The lowest BCUT2D eigenvalue weighted by Gasteiger charge is -2.23. The molecular weight excluding hydrogens is 348 g/mol. The minimum Gasteiger partial charge on any atom is -0.497 e. The van der Waals surface area contributed by atoms with Gasteiger partial charge in [0.05, 0.1) is 24.4 Å². The summed E-state index contributed by atoms with van der Waals surface area (Å²) in [6, 6.07) is 11.5. The van der Waals surface area contributed by atoms with E-state index >= 15 is 0 Å². The Bertz CT molecular complexity index is 800. The number of carbonyl (C=O) groups is 1. The summed E-state index contributed by atoms with van der Waals surface area (Å²) in [6.45, 7) is 1.55. The quantitative estimate of drug-likeness (QED) is 0.777. The minimum absolute atomic E-state index is 0.154. The standard InChI is InChI=1S/C19H22N4O2S/c1-25-15-4-5-18(13(9-15)11-20)23-7-6-14(12-23)22-17(19(21)24)10-16-3-2-8-26-16/h2-5,8-9,14,17,22H,6-7,10,12H2,1H3,(H2,21,24)/t14-,17-/m0/s1. The summed E-state index contributed by atoms with van der Waals surface area (Å²) < 4.78 is 5.19. The molecule has 0 bridgehead atoms. The van der Waals surface area contributed by atoms with Crippen LogP contribution in [-0.4, -0.2) is 38.2 Å². The first-order valence-electron chi connectivity index (χ1n) is 8.51. The number of nitrogens with two attached hydrogens (primary N) is 1. The average Bonchev–Trinajstić information content (AvgIpc) is 3.32. The van der Waals surface area contributed by atoms with Gasteiger partial charge in [0.1, 0.15) is 11.8 Å². The highest BCUT2D eigenvalue weighted by molar-refractivity contribution is 7.09. The number of carbonyl (C=O) groups excluding carboxylic acids is 1. The van der Waals surface area contributed by atoms with Crippen molar-refractivity contribution in [1.29, 1.82) is 5.26 Å². The third kappa shape index (κ3) is 4.15. The number of benzene rings is 1. The third-order valence-corrected chi connectivity index (χ3v) is 5.52. The van der Waals surface area contributed by atoms with Crippen LogP contribution in [0.2, 0.25) is 0 Å². The molecule has 1 aliphatic heterocycles. The van der Waals surface area contributed by atoms with Crippen LogP contribution in [0.3, 0.4) is 0 Å². The van der Waals surface area contributed by atoms with E-state index in [4.69, 9.17) is 10.5 Å². The van der Waals surface area contributed by atoms with Crippen LogP contribution in [0.5, 0.6) is 5.75 Å². The van der Waals surface area contributed by atoms with Crippen LogP contribution in [-0.2, 0) is 11.2 Å². The highest BCUT2D eigenvalue weighted by atomic mass is 32.1. The van der Waals surface area contributed by atoms with E-state index in [2.05, 4.69) is 16.3 Å². The monoisotopic (exact) mass is 370 g/mol. The second kappa shape index (κ2) is 8.21. The first-order valence-corrected chi connectivity index (χ1v) is 9.39. The van der Waals surface area contributed by atoms with Gasteiger partial charge in [-0.3, -0.25) is 4.79 Å².